The van der Waals surface area contributed by atoms with Gasteiger partial charge in [0.2, 0.25) is 5.91 Å². The fourth-order valence-electron chi connectivity index (χ4n) is 4.68. The van der Waals surface area contributed by atoms with Crippen LogP contribution in [0, 0.1) is 0 Å². The summed E-state index contributed by atoms with van der Waals surface area (Å²) in [6.45, 7) is 4.23. The molecule has 0 aliphatic carbocycles. The van der Waals surface area contributed by atoms with E-state index in [1.807, 2.05) is 12.1 Å². The van der Waals surface area contributed by atoms with Crippen molar-refractivity contribution in [3.05, 3.63) is 29.8 Å². The molecule has 3 heterocycles. The normalized spacial score (nSPS) is 30.0. The first-order valence-electron chi connectivity index (χ1n) is 10.5. The maximum absolute atomic E-state index is 12.5. The number of ether oxygens (including phenoxy) is 2. The molecule has 28 heavy (non-hydrogen) atoms. The van der Waals surface area contributed by atoms with Gasteiger partial charge in [-0.05, 0) is 30.9 Å². The van der Waals surface area contributed by atoms with Gasteiger partial charge >= 0.3 is 0 Å². The fraction of sp³-hybridized carbons (Fsp3) is 0.667. The summed E-state index contributed by atoms with van der Waals surface area (Å²) in [6.07, 6.45) is 4.92. The van der Waals surface area contributed by atoms with Crippen LogP contribution in [-0.2, 0) is 16.0 Å². The molecular weight excluding hydrogens is 356 g/mol. The second-order valence-corrected chi connectivity index (χ2v) is 7.91. The highest BCUT2D eigenvalue weighted by molar-refractivity contribution is 5.77. The van der Waals surface area contributed by atoms with Gasteiger partial charge in [0.1, 0.15) is 12.0 Å². The molecule has 2 N–H and O–H groups in total. The first-order valence-corrected chi connectivity index (χ1v) is 10.5. The molecule has 1 aromatic carbocycles. The smallest absolute Gasteiger partial charge is 0.225 e. The van der Waals surface area contributed by atoms with Crippen molar-refractivity contribution in [2.75, 3.05) is 40.0 Å². The molecule has 4 rings (SSSR count). The minimum Gasteiger partial charge on any atom is -0.496 e. The molecule has 7 heteroatoms. The number of carbonyl (C=O) groups excluding carboxylic acids is 1. The van der Waals surface area contributed by atoms with E-state index in [4.69, 9.17) is 9.47 Å². The molecule has 154 valence electrons. The molecule has 3 aliphatic rings. The number of hydrogen-bond donors (Lipinski definition) is 2. The summed E-state index contributed by atoms with van der Waals surface area (Å²) >= 11 is 0. The number of methoxy groups -OCH3 is 1. The second kappa shape index (κ2) is 9.22. The van der Waals surface area contributed by atoms with E-state index in [1.165, 1.54) is 18.4 Å². The molecule has 0 spiro atoms. The Bertz CT molecular complexity index is 665. The van der Waals surface area contributed by atoms with Crippen molar-refractivity contribution in [1.82, 2.24) is 20.4 Å². The number of carbonyl (C=O) groups is 1. The number of nitrogens with zero attached hydrogens (tertiary/aromatic N) is 2. The Balaban J connectivity index is 1.47. The quantitative estimate of drug-likeness (QED) is 0.789. The second-order valence-electron chi connectivity index (χ2n) is 7.91. The lowest BCUT2D eigenvalue weighted by molar-refractivity contribution is -0.132. The van der Waals surface area contributed by atoms with Crippen LogP contribution >= 0.6 is 0 Å². The number of para-hydroxylation sites is 1. The van der Waals surface area contributed by atoms with Gasteiger partial charge in [-0.25, -0.2) is 0 Å². The minimum absolute atomic E-state index is 0.0801. The van der Waals surface area contributed by atoms with Gasteiger partial charge in [0.25, 0.3) is 0 Å². The van der Waals surface area contributed by atoms with Crippen molar-refractivity contribution >= 4 is 5.91 Å². The molecule has 7 nitrogen and oxygen atoms in total. The minimum atomic E-state index is -0.117. The molecule has 3 saturated heterocycles. The Labute approximate surface area is 167 Å². The maximum atomic E-state index is 12.5. The van der Waals surface area contributed by atoms with E-state index >= 15 is 0 Å². The molecule has 3 aliphatic heterocycles. The number of benzene rings is 1. The van der Waals surface area contributed by atoms with Gasteiger partial charge in [-0.2, -0.15) is 0 Å². The van der Waals surface area contributed by atoms with E-state index in [2.05, 4.69) is 32.6 Å². The van der Waals surface area contributed by atoms with Gasteiger partial charge in [0, 0.05) is 25.7 Å². The van der Waals surface area contributed by atoms with Crippen molar-refractivity contribution in [2.24, 2.45) is 0 Å². The van der Waals surface area contributed by atoms with E-state index in [9.17, 15) is 4.79 Å². The largest absolute Gasteiger partial charge is 0.496 e. The van der Waals surface area contributed by atoms with Crippen LogP contribution in [0.2, 0.25) is 0 Å². The highest BCUT2D eigenvalue weighted by atomic mass is 16.5. The van der Waals surface area contributed by atoms with Crippen molar-refractivity contribution in [3.8, 4) is 5.75 Å². The summed E-state index contributed by atoms with van der Waals surface area (Å²) in [5.41, 5.74) is 1.23. The average Bonchev–Trinajstić information content (AvgIpc) is 2.75. The number of morpholine rings is 1. The summed E-state index contributed by atoms with van der Waals surface area (Å²) in [6, 6.07) is 8.63. The summed E-state index contributed by atoms with van der Waals surface area (Å²) in [5, 5.41) is 6.89. The first kappa shape index (κ1) is 19.6. The average molecular weight is 389 g/mol. The van der Waals surface area contributed by atoms with Crippen LogP contribution in [0.4, 0.5) is 0 Å². The third kappa shape index (κ3) is 4.49. The van der Waals surface area contributed by atoms with Gasteiger partial charge in [-0.3, -0.25) is 19.9 Å². The van der Waals surface area contributed by atoms with Gasteiger partial charge < -0.3 is 14.8 Å². The predicted molar refractivity (Wildman–Crippen MR) is 107 cm³/mol. The molecule has 2 unspecified atom stereocenters. The maximum Gasteiger partial charge on any atom is 0.225 e. The van der Waals surface area contributed by atoms with E-state index < -0.39 is 0 Å². The van der Waals surface area contributed by atoms with E-state index in [1.54, 1.807) is 7.11 Å². The Morgan fingerprint density at radius 3 is 2.82 bits per heavy atom. The Morgan fingerprint density at radius 1 is 1.18 bits per heavy atom. The standard InChI is InChI=1S/C21H32N4O3/c1-27-18-8-3-2-6-16(18)14-17-7-4-5-9-25(17)21-22-19(15-20(26)23-21)24-10-12-28-13-11-24/h2-3,6,8,17,19,21-22H,4-5,7,9-15H2,1H3,(H,23,26)/t17-,19?,21?/m1/s1. The monoisotopic (exact) mass is 388 g/mol. The van der Waals surface area contributed by atoms with Crippen molar-refractivity contribution in [1.29, 1.82) is 0 Å². The summed E-state index contributed by atoms with van der Waals surface area (Å²) in [5.74, 6) is 1.07. The van der Waals surface area contributed by atoms with Crippen LogP contribution in [0.25, 0.3) is 0 Å². The fourth-order valence-corrected chi connectivity index (χ4v) is 4.68. The zero-order valence-corrected chi connectivity index (χ0v) is 16.7. The Kier molecular flexibility index (Phi) is 6.47. The van der Waals surface area contributed by atoms with E-state index in [0.29, 0.717) is 12.5 Å². The van der Waals surface area contributed by atoms with Crippen LogP contribution in [0.5, 0.6) is 5.75 Å². The lowest BCUT2D eigenvalue weighted by Crippen LogP contribution is -2.70. The molecule has 3 fully saturated rings. The zero-order chi connectivity index (χ0) is 19.3. The van der Waals surface area contributed by atoms with Gasteiger partial charge in [-0.15, -0.1) is 0 Å². The molecule has 1 amide bonds. The number of likely N-dealkylation sites (tertiary alicyclic amines) is 1. The van der Waals surface area contributed by atoms with Crippen LogP contribution < -0.4 is 15.4 Å². The van der Waals surface area contributed by atoms with Crippen molar-refractivity contribution < 1.29 is 14.3 Å². The predicted octanol–water partition coefficient (Wildman–Crippen LogP) is 1.14. The molecule has 1 aromatic rings. The Morgan fingerprint density at radius 2 is 2.00 bits per heavy atom. The molecular formula is C21H32N4O3. The molecule has 3 atom stereocenters. The molecule has 0 saturated carbocycles. The molecule has 0 radical (unpaired) electrons. The van der Waals surface area contributed by atoms with E-state index in [-0.39, 0.29) is 18.4 Å². The van der Waals surface area contributed by atoms with Crippen molar-refractivity contribution in [3.63, 3.8) is 0 Å². The number of amides is 1. The zero-order valence-electron chi connectivity index (χ0n) is 16.7. The van der Waals surface area contributed by atoms with Gasteiger partial charge in [0.05, 0.1) is 32.9 Å². The van der Waals surface area contributed by atoms with Crippen LogP contribution in [0.15, 0.2) is 24.3 Å². The Hall–Kier alpha value is -1.67. The lowest BCUT2D eigenvalue weighted by Gasteiger charge is -2.47. The van der Waals surface area contributed by atoms with E-state index in [0.717, 1.165) is 51.4 Å². The lowest BCUT2D eigenvalue weighted by atomic mass is 9.95. The summed E-state index contributed by atoms with van der Waals surface area (Å²) < 4.78 is 11.0. The van der Waals surface area contributed by atoms with Crippen LogP contribution in [0.1, 0.15) is 31.2 Å². The SMILES string of the molecule is COc1ccccc1C[C@H]1CCCCN1C1NC(=O)CC(N2CCOCC2)N1. The van der Waals surface area contributed by atoms with Gasteiger partial charge in [-0.1, -0.05) is 24.6 Å². The first-order chi connectivity index (χ1) is 13.7. The number of rotatable bonds is 5. The third-order valence-electron chi connectivity index (χ3n) is 6.17. The summed E-state index contributed by atoms with van der Waals surface area (Å²) in [4.78, 5) is 17.3. The van der Waals surface area contributed by atoms with Crippen LogP contribution in [-0.4, -0.2) is 74.2 Å². The molecule has 0 bridgehead atoms. The number of hydrogen-bond acceptors (Lipinski definition) is 6. The van der Waals surface area contributed by atoms with Gasteiger partial charge in [0.15, 0.2) is 0 Å². The number of piperidine rings is 1. The van der Waals surface area contributed by atoms with Crippen LogP contribution in [0.3, 0.4) is 0 Å². The number of nitrogens with one attached hydrogen (secondary N) is 2. The van der Waals surface area contributed by atoms with Crippen molar-refractivity contribution in [2.45, 2.75) is 50.6 Å². The molecule has 0 aromatic heterocycles. The topological polar surface area (TPSA) is 66.1 Å². The highest BCUT2D eigenvalue weighted by Crippen LogP contribution is 2.27. The highest BCUT2D eigenvalue weighted by Gasteiger charge is 2.37. The third-order valence-corrected chi connectivity index (χ3v) is 6.17. The summed E-state index contributed by atoms with van der Waals surface area (Å²) in [7, 11) is 1.73.